The number of rotatable bonds is 8. The summed E-state index contributed by atoms with van der Waals surface area (Å²) in [6.07, 6.45) is 0. The molecule has 3 N–H and O–H groups in total. The summed E-state index contributed by atoms with van der Waals surface area (Å²) in [7, 11) is -1.24. The fourth-order valence-electron chi connectivity index (χ4n) is 2.63. The second-order valence-corrected chi connectivity index (χ2v) is 8.83. The van der Waals surface area contributed by atoms with Gasteiger partial charge in [-0.05, 0) is 47.9 Å². The topological polar surface area (TPSA) is 119 Å². The molecule has 9 heteroatoms. The van der Waals surface area contributed by atoms with Gasteiger partial charge in [-0.1, -0.05) is 19.9 Å². The molecule has 0 aromatic heterocycles. The first-order chi connectivity index (χ1) is 13.6. The number of benzene rings is 2. The number of methoxy groups -OCH3 is 1. The van der Waals surface area contributed by atoms with Crippen molar-refractivity contribution >= 4 is 27.5 Å². The number of likely N-dealkylation sites (N-methyl/N-ethyl adjacent to an activating group) is 1. The maximum absolute atomic E-state index is 13.0. The van der Waals surface area contributed by atoms with E-state index in [1.807, 2.05) is 19.9 Å². The molecule has 8 nitrogen and oxygen atoms in total. The van der Waals surface area contributed by atoms with Crippen LogP contribution >= 0.6 is 0 Å². The normalized spacial score (nSPS) is 11.5. The van der Waals surface area contributed by atoms with Crippen LogP contribution in [0, 0.1) is 0 Å². The molecule has 0 spiro atoms. The van der Waals surface area contributed by atoms with E-state index in [1.54, 1.807) is 12.1 Å². The van der Waals surface area contributed by atoms with Crippen molar-refractivity contribution in [3.8, 4) is 5.75 Å². The monoisotopic (exact) mass is 419 g/mol. The van der Waals surface area contributed by atoms with Crippen molar-refractivity contribution in [2.24, 2.45) is 5.73 Å². The van der Waals surface area contributed by atoms with Crippen LogP contribution in [0.15, 0.2) is 47.4 Å². The molecule has 0 fully saturated rings. The number of amides is 2. The number of nitrogens with zero attached hydrogens (tertiary/aromatic N) is 1. The third-order valence-electron chi connectivity index (χ3n) is 4.36. The number of carbonyl (C=O) groups excluding carboxylic acids is 2. The van der Waals surface area contributed by atoms with Gasteiger partial charge in [0, 0.05) is 18.3 Å². The highest BCUT2D eigenvalue weighted by atomic mass is 32.2. The lowest BCUT2D eigenvalue weighted by atomic mass is 10.0. The van der Waals surface area contributed by atoms with Crippen molar-refractivity contribution in [1.82, 2.24) is 4.31 Å². The van der Waals surface area contributed by atoms with Crippen molar-refractivity contribution in [1.29, 1.82) is 0 Å². The standard InChI is InChI=1S/C20H25N3O5S/c1-13(2)15-7-10-17(28-4)18(11-15)29(26,27)23(3)12-19(24)22-16-8-5-14(6-9-16)20(21)25/h5-11,13H,12H2,1-4H3,(H2,21,25)(H,22,24). The van der Waals surface area contributed by atoms with E-state index in [0.717, 1.165) is 9.87 Å². The van der Waals surface area contributed by atoms with Crippen LogP contribution in [0.1, 0.15) is 35.7 Å². The quantitative estimate of drug-likeness (QED) is 0.680. The van der Waals surface area contributed by atoms with Crippen LogP contribution in [0.25, 0.3) is 0 Å². The van der Waals surface area contributed by atoms with Crippen molar-refractivity contribution in [3.63, 3.8) is 0 Å². The van der Waals surface area contributed by atoms with Gasteiger partial charge in [0.05, 0.1) is 13.7 Å². The van der Waals surface area contributed by atoms with Gasteiger partial charge in [0.1, 0.15) is 10.6 Å². The van der Waals surface area contributed by atoms with E-state index in [9.17, 15) is 18.0 Å². The smallest absolute Gasteiger partial charge is 0.248 e. The van der Waals surface area contributed by atoms with Crippen LogP contribution in [0.3, 0.4) is 0 Å². The highest BCUT2D eigenvalue weighted by Gasteiger charge is 2.27. The number of ether oxygens (including phenoxy) is 1. The van der Waals surface area contributed by atoms with E-state index in [2.05, 4.69) is 5.32 Å². The summed E-state index contributed by atoms with van der Waals surface area (Å²) in [4.78, 5) is 23.4. The van der Waals surface area contributed by atoms with E-state index >= 15 is 0 Å². The Bertz CT molecular complexity index is 1000. The van der Waals surface area contributed by atoms with E-state index in [4.69, 9.17) is 10.5 Å². The van der Waals surface area contributed by atoms with Crippen molar-refractivity contribution in [2.75, 3.05) is 26.0 Å². The zero-order valence-corrected chi connectivity index (χ0v) is 17.6. The summed E-state index contributed by atoms with van der Waals surface area (Å²) in [6.45, 7) is 3.52. The lowest BCUT2D eigenvalue weighted by Crippen LogP contribution is -2.35. The Morgan fingerprint density at radius 1 is 1.14 bits per heavy atom. The molecule has 156 valence electrons. The molecular weight excluding hydrogens is 394 g/mol. The molecule has 2 amide bonds. The molecule has 0 aliphatic heterocycles. The van der Waals surface area contributed by atoms with Gasteiger partial charge in [0.2, 0.25) is 21.8 Å². The molecule has 0 radical (unpaired) electrons. The third-order valence-corrected chi connectivity index (χ3v) is 6.19. The number of hydrogen-bond acceptors (Lipinski definition) is 5. The Balaban J connectivity index is 2.18. The molecule has 0 atom stereocenters. The van der Waals surface area contributed by atoms with Crippen LogP contribution in [-0.2, 0) is 14.8 Å². The predicted octanol–water partition coefficient (Wildman–Crippen LogP) is 2.18. The van der Waals surface area contributed by atoms with E-state index < -0.39 is 28.4 Å². The zero-order valence-electron chi connectivity index (χ0n) is 16.8. The van der Waals surface area contributed by atoms with Gasteiger partial charge in [0.25, 0.3) is 0 Å². The lowest BCUT2D eigenvalue weighted by molar-refractivity contribution is -0.116. The van der Waals surface area contributed by atoms with Crippen LogP contribution in [0.4, 0.5) is 5.69 Å². The van der Waals surface area contributed by atoms with Gasteiger partial charge in [-0.15, -0.1) is 0 Å². The SMILES string of the molecule is COc1ccc(C(C)C)cc1S(=O)(=O)N(C)CC(=O)Nc1ccc(C(N)=O)cc1. The van der Waals surface area contributed by atoms with Crippen molar-refractivity contribution in [3.05, 3.63) is 53.6 Å². The number of sulfonamides is 1. The minimum Gasteiger partial charge on any atom is -0.495 e. The highest BCUT2D eigenvalue weighted by Crippen LogP contribution is 2.29. The maximum Gasteiger partial charge on any atom is 0.248 e. The van der Waals surface area contributed by atoms with Crippen molar-refractivity contribution in [2.45, 2.75) is 24.7 Å². The molecule has 29 heavy (non-hydrogen) atoms. The molecular formula is C20H25N3O5S. The number of nitrogens with two attached hydrogens (primary N) is 1. The average Bonchev–Trinajstić information content (AvgIpc) is 2.67. The maximum atomic E-state index is 13.0. The van der Waals surface area contributed by atoms with Gasteiger partial charge >= 0.3 is 0 Å². The van der Waals surface area contributed by atoms with Crippen LogP contribution in [0.2, 0.25) is 0 Å². The van der Waals surface area contributed by atoms with Crippen molar-refractivity contribution < 1.29 is 22.7 Å². The van der Waals surface area contributed by atoms with Crippen LogP contribution < -0.4 is 15.8 Å². The molecule has 0 saturated carbocycles. The Hall–Kier alpha value is -2.91. The summed E-state index contributed by atoms with van der Waals surface area (Å²) < 4.78 is 32.2. The fourth-order valence-corrected chi connectivity index (χ4v) is 3.94. The summed E-state index contributed by atoms with van der Waals surface area (Å²) in [5.74, 6) is -0.760. The highest BCUT2D eigenvalue weighted by molar-refractivity contribution is 7.89. The molecule has 0 bridgehead atoms. The first kappa shape index (κ1) is 22.4. The van der Waals surface area contributed by atoms with Gasteiger partial charge in [-0.25, -0.2) is 8.42 Å². The fraction of sp³-hybridized carbons (Fsp3) is 0.300. The first-order valence-electron chi connectivity index (χ1n) is 8.90. The minimum absolute atomic E-state index is 0.00677. The number of hydrogen-bond donors (Lipinski definition) is 2. The molecule has 2 rings (SSSR count). The van der Waals surface area contributed by atoms with Gasteiger partial charge < -0.3 is 15.8 Å². The zero-order chi connectivity index (χ0) is 21.8. The Morgan fingerprint density at radius 2 is 1.76 bits per heavy atom. The van der Waals surface area contributed by atoms with E-state index in [1.165, 1.54) is 38.4 Å². The Kier molecular flexibility index (Phi) is 6.99. The summed E-state index contributed by atoms with van der Waals surface area (Å²) in [6, 6.07) is 11.0. The molecule has 0 saturated heterocycles. The van der Waals surface area contributed by atoms with Gasteiger partial charge in [-0.3, -0.25) is 9.59 Å². The number of nitrogens with one attached hydrogen (secondary N) is 1. The summed E-state index contributed by atoms with van der Waals surface area (Å²) in [5.41, 5.74) is 6.75. The summed E-state index contributed by atoms with van der Waals surface area (Å²) in [5, 5.41) is 2.59. The largest absolute Gasteiger partial charge is 0.495 e. The summed E-state index contributed by atoms with van der Waals surface area (Å²) >= 11 is 0. The third kappa shape index (κ3) is 5.33. The number of anilines is 1. The second kappa shape index (κ2) is 9.06. The molecule has 2 aromatic carbocycles. The molecule has 0 aliphatic carbocycles. The first-order valence-corrected chi connectivity index (χ1v) is 10.3. The van der Waals surface area contributed by atoms with Crippen LogP contribution in [0.5, 0.6) is 5.75 Å². The number of carbonyl (C=O) groups is 2. The van der Waals surface area contributed by atoms with E-state index in [0.29, 0.717) is 11.3 Å². The van der Waals surface area contributed by atoms with E-state index in [-0.39, 0.29) is 16.6 Å². The Labute approximate surface area is 170 Å². The second-order valence-electron chi connectivity index (χ2n) is 6.82. The minimum atomic E-state index is -3.96. The molecule has 0 aliphatic rings. The van der Waals surface area contributed by atoms with Gasteiger partial charge in [-0.2, -0.15) is 4.31 Å². The average molecular weight is 420 g/mol. The number of primary amides is 1. The Morgan fingerprint density at radius 3 is 2.28 bits per heavy atom. The predicted molar refractivity (Wildman–Crippen MR) is 110 cm³/mol. The molecule has 2 aromatic rings. The molecule has 0 heterocycles. The van der Waals surface area contributed by atoms with Crippen LogP contribution in [-0.4, -0.2) is 45.2 Å². The van der Waals surface area contributed by atoms with Gasteiger partial charge in [0.15, 0.2) is 0 Å². The molecule has 0 unspecified atom stereocenters. The lowest BCUT2D eigenvalue weighted by Gasteiger charge is -2.20.